The highest BCUT2D eigenvalue weighted by molar-refractivity contribution is 5.81. The van der Waals surface area contributed by atoms with Crippen LogP contribution in [0.2, 0.25) is 0 Å². The second-order valence-electron chi connectivity index (χ2n) is 6.17. The summed E-state index contributed by atoms with van der Waals surface area (Å²) in [4.78, 5) is 12.4. The van der Waals surface area contributed by atoms with E-state index in [9.17, 15) is 4.79 Å². The molecule has 0 bridgehead atoms. The highest BCUT2D eigenvalue weighted by atomic mass is 16.5. The van der Waals surface area contributed by atoms with Crippen LogP contribution >= 0.6 is 0 Å². The van der Waals surface area contributed by atoms with Crippen molar-refractivity contribution in [2.75, 3.05) is 13.7 Å². The summed E-state index contributed by atoms with van der Waals surface area (Å²) in [5.41, 5.74) is 3.38. The summed E-state index contributed by atoms with van der Waals surface area (Å²) in [6.45, 7) is 6.58. The third-order valence-electron chi connectivity index (χ3n) is 4.13. The van der Waals surface area contributed by atoms with Gasteiger partial charge in [0, 0.05) is 6.54 Å². The number of benzene rings is 2. The highest BCUT2D eigenvalue weighted by Crippen LogP contribution is 2.21. The largest absolute Gasteiger partial charge is 0.497 e. The molecular weight excluding hydrogens is 314 g/mol. The normalized spacial score (nSPS) is 11.7. The van der Waals surface area contributed by atoms with Gasteiger partial charge in [0.25, 0.3) is 5.91 Å². The topological polar surface area (TPSA) is 47.6 Å². The van der Waals surface area contributed by atoms with Crippen LogP contribution in [0.5, 0.6) is 11.5 Å². The molecule has 0 aliphatic carbocycles. The lowest BCUT2D eigenvalue weighted by atomic mass is 10.1. The molecule has 2 rings (SSSR count). The number of carbonyl (C=O) groups excluding carboxylic acids is 1. The number of carbonyl (C=O) groups is 1. The van der Waals surface area contributed by atoms with E-state index in [1.54, 1.807) is 7.11 Å². The molecule has 4 nitrogen and oxygen atoms in total. The van der Waals surface area contributed by atoms with Crippen molar-refractivity contribution in [3.8, 4) is 11.5 Å². The molecule has 25 heavy (non-hydrogen) atoms. The van der Waals surface area contributed by atoms with Gasteiger partial charge in [-0.2, -0.15) is 0 Å². The molecule has 0 spiro atoms. The van der Waals surface area contributed by atoms with Crippen molar-refractivity contribution in [3.05, 3.63) is 59.2 Å². The zero-order valence-corrected chi connectivity index (χ0v) is 15.5. The lowest BCUT2D eigenvalue weighted by Crippen LogP contribution is -2.39. The monoisotopic (exact) mass is 341 g/mol. The molecule has 0 saturated carbocycles. The zero-order valence-electron chi connectivity index (χ0n) is 15.5. The highest BCUT2D eigenvalue weighted by Gasteiger charge is 2.18. The summed E-state index contributed by atoms with van der Waals surface area (Å²) in [6, 6.07) is 13.9. The number of nitrogens with one attached hydrogen (secondary N) is 1. The van der Waals surface area contributed by atoms with E-state index in [1.807, 2.05) is 57.2 Å². The Hall–Kier alpha value is -2.49. The molecule has 1 amide bonds. The molecule has 0 fully saturated rings. The average Bonchev–Trinajstić information content (AvgIpc) is 2.61. The molecule has 0 saturated heterocycles. The molecule has 1 atom stereocenters. The Bertz CT molecular complexity index is 695. The summed E-state index contributed by atoms with van der Waals surface area (Å²) < 4.78 is 11.1. The molecule has 0 aliphatic heterocycles. The minimum atomic E-state index is -0.475. The van der Waals surface area contributed by atoms with Gasteiger partial charge in [-0.15, -0.1) is 0 Å². The Morgan fingerprint density at radius 3 is 2.44 bits per heavy atom. The Morgan fingerprint density at radius 1 is 1.12 bits per heavy atom. The summed E-state index contributed by atoms with van der Waals surface area (Å²) >= 11 is 0. The molecule has 2 aromatic carbocycles. The third kappa shape index (κ3) is 5.52. The fraction of sp³-hybridized carbons (Fsp3) is 0.381. The smallest absolute Gasteiger partial charge is 0.261 e. The Kier molecular flexibility index (Phi) is 6.87. The first kappa shape index (κ1) is 18.8. The van der Waals surface area contributed by atoms with Crippen molar-refractivity contribution in [2.24, 2.45) is 0 Å². The van der Waals surface area contributed by atoms with E-state index in [1.165, 1.54) is 5.56 Å². The Morgan fingerprint density at radius 2 is 1.84 bits per heavy atom. The minimum absolute atomic E-state index is 0.0732. The van der Waals surface area contributed by atoms with E-state index >= 15 is 0 Å². The van der Waals surface area contributed by atoms with Gasteiger partial charge in [-0.25, -0.2) is 0 Å². The standard InChI is InChI=1S/C21H27NO3/c1-5-19(25-20-11-6-15(2)14-16(20)3)21(23)22-13-12-17-7-9-18(24-4)10-8-17/h6-11,14,19H,5,12-13H2,1-4H3,(H,22,23)/t19-/m1/s1. The van der Waals surface area contributed by atoms with E-state index in [-0.39, 0.29) is 5.91 Å². The predicted octanol–water partition coefficient (Wildman–Crippen LogP) is 3.83. The van der Waals surface area contributed by atoms with Crippen LogP contribution in [0.15, 0.2) is 42.5 Å². The fourth-order valence-corrected chi connectivity index (χ4v) is 2.64. The fourth-order valence-electron chi connectivity index (χ4n) is 2.64. The molecule has 1 N–H and O–H groups in total. The van der Waals surface area contributed by atoms with Gasteiger partial charge in [-0.1, -0.05) is 36.8 Å². The van der Waals surface area contributed by atoms with Gasteiger partial charge in [0.2, 0.25) is 0 Å². The number of hydrogen-bond donors (Lipinski definition) is 1. The van der Waals surface area contributed by atoms with Crippen molar-refractivity contribution in [1.29, 1.82) is 0 Å². The van der Waals surface area contributed by atoms with Crippen LogP contribution in [-0.4, -0.2) is 25.7 Å². The first-order chi connectivity index (χ1) is 12.0. The summed E-state index contributed by atoms with van der Waals surface area (Å²) in [5, 5.41) is 2.97. The second kappa shape index (κ2) is 9.11. The van der Waals surface area contributed by atoms with Crippen molar-refractivity contribution in [1.82, 2.24) is 5.32 Å². The number of methoxy groups -OCH3 is 1. The van der Waals surface area contributed by atoms with Gasteiger partial charge in [-0.05, 0) is 56.0 Å². The van der Waals surface area contributed by atoms with Gasteiger partial charge >= 0.3 is 0 Å². The molecule has 134 valence electrons. The first-order valence-corrected chi connectivity index (χ1v) is 8.68. The second-order valence-corrected chi connectivity index (χ2v) is 6.17. The summed E-state index contributed by atoms with van der Waals surface area (Å²) in [5.74, 6) is 1.53. The van der Waals surface area contributed by atoms with Crippen LogP contribution in [0.4, 0.5) is 0 Å². The molecule has 2 aromatic rings. The maximum absolute atomic E-state index is 12.4. The van der Waals surface area contributed by atoms with Crippen LogP contribution in [0.3, 0.4) is 0 Å². The van der Waals surface area contributed by atoms with Gasteiger partial charge in [0.05, 0.1) is 7.11 Å². The van der Waals surface area contributed by atoms with E-state index < -0.39 is 6.10 Å². The number of rotatable bonds is 8. The molecule has 0 radical (unpaired) electrons. The van der Waals surface area contributed by atoms with Crippen LogP contribution < -0.4 is 14.8 Å². The summed E-state index contributed by atoms with van der Waals surface area (Å²) in [7, 11) is 1.65. The SMILES string of the molecule is CC[C@@H](Oc1ccc(C)cc1C)C(=O)NCCc1ccc(OC)cc1. The van der Waals surface area contributed by atoms with Crippen LogP contribution in [-0.2, 0) is 11.2 Å². The van der Waals surface area contributed by atoms with Crippen molar-refractivity contribution in [2.45, 2.75) is 39.7 Å². The van der Waals surface area contributed by atoms with Crippen LogP contribution in [0.25, 0.3) is 0 Å². The lowest BCUT2D eigenvalue weighted by Gasteiger charge is -2.19. The molecular formula is C21H27NO3. The van der Waals surface area contributed by atoms with E-state index in [0.29, 0.717) is 13.0 Å². The first-order valence-electron chi connectivity index (χ1n) is 8.68. The molecule has 0 unspecified atom stereocenters. The Labute approximate surface area is 150 Å². The van der Waals surface area contributed by atoms with Gasteiger partial charge in [0.1, 0.15) is 11.5 Å². The minimum Gasteiger partial charge on any atom is -0.497 e. The van der Waals surface area contributed by atoms with Gasteiger partial charge in [0.15, 0.2) is 6.10 Å². The van der Waals surface area contributed by atoms with E-state index in [0.717, 1.165) is 29.0 Å². The Balaban J connectivity index is 1.86. The van der Waals surface area contributed by atoms with Gasteiger partial charge < -0.3 is 14.8 Å². The lowest BCUT2D eigenvalue weighted by molar-refractivity contribution is -0.128. The van der Waals surface area contributed by atoms with Crippen LogP contribution in [0.1, 0.15) is 30.0 Å². The van der Waals surface area contributed by atoms with Gasteiger partial charge in [-0.3, -0.25) is 4.79 Å². The van der Waals surface area contributed by atoms with Crippen molar-refractivity contribution >= 4 is 5.91 Å². The van der Waals surface area contributed by atoms with E-state index in [2.05, 4.69) is 11.4 Å². The average molecular weight is 341 g/mol. The number of ether oxygens (including phenoxy) is 2. The number of hydrogen-bond acceptors (Lipinski definition) is 3. The summed E-state index contributed by atoms with van der Waals surface area (Å²) in [6.07, 6.45) is 0.925. The molecule has 0 heterocycles. The quantitative estimate of drug-likeness (QED) is 0.794. The van der Waals surface area contributed by atoms with Crippen molar-refractivity contribution in [3.63, 3.8) is 0 Å². The third-order valence-corrected chi connectivity index (χ3v) is 4.13. The number of aryl methyl sites for hydroxylation is 2. The van der Waals surface area contributed by atoms with Crippen molar-refractivity contribution < 1.29 is 14.3 Å². The maximum Gasteiger partial charge on any atom is 0.261 e. The zero-order chi connectivity index (χ0) is 18.2. The van der Waals surface area contributed by atoms with Crippen LogP contribution in [0, 0.1) is 13.8 Å². The molecule has 4 heteroatoms. The predicted molar refractivity (Wildman–Crippen MR) is 100 cm³/mol. The maximum atomic E-state index is 12.4. The number of amides is 1. The van der Waals surface area contributed by atoms with E-state index in [4.69, 9.17) is 9.47 Å². The molecule has 0 aliphatic rings. The molecule has 0 aromatic heterocycles.